The van der Waals surface area contributed by atoms with Gasteiger partial charge in [-0.2, -0.15) is 5.10 Å². The van der Waals surface area contributed by atoms with Gasteiger partial charge in [0.1, 0.15) is 17.1 Å². The number of nitrogens with zero attached hydrogens (tertiary/aromatic N) is 2. The molecule has 45 heavy (non-hydrogen) atoms. The van der Waals surface area contributed by atoms with Crippen LogP contribution in [0, 0.1) is 0 Å². The number of carbonyl (C=O) groups is 2. The first kappa shape index (κ1) is 32.7. The summed E-state index contributed by atoms with van der Waals surface area (Å²) < 4.78 is 45.0. The van der Waals surface area contributed by atoms with Crippen molar-refractivity contribution >= 4 is 33.8 Å². The smallest absolute Gasteiger partial charge is 0.344 e. The van der Waals surface area contributed by atoms with Crippen molar-refractivity contribution in [1.29, 1.82) is 0 Å². The minimum Gasteiger partial charge on any atom is -0.497 e. The minimum absolute atomic E-state index is 0.00882. The van der Waals surface area contributed by atoms with Gasteiger partial charge in [-0.25, -0.2) is 18.6 Å². The van der Waals surface area contributed by atoms with E-state index < -0.39 is 27.5 Å². The standard InChI is InChI=1S/C34H35N3O7S/c1-34(2,3)44-32(38)24-43-28-16-14-25(15-17-28)22-35-36-33(39)30-12-8-9-13-31(30)37(23-26-10-6-5-7-11-26)45(40,41)29-20-18-27(42-4)19-21-29/h5-22H,23-24H2,1-4H3,(H,36,39). The first-order valence-electron chi connectivity index (χ1n) is 14.0. The molecular weight excluding hydrogens is 594 g/mol. The van der Waals surface area contributed by atoms with Crippen molar-refractivity contribution in [2.75, 3.05) is 18.0 Å². The van der Waals surface area contributed by atoms with Gasteiger partial charge in [-0.1, -0.05) is 42.5 Å². The van der Waals surface area contributed by atoms with Crippen LogP contribution in [0.5, 0.6) is 11.5 Å². The molecule has 4 aromatic carbocycles. The normalized spacial score (nSPS) is 11.6. The van der Waals surface area contributed by atoms with Crippen LogP contribution in [0.4, 0.5) is 5.69 Å². The Morgan fingerprint density at radius 2 is 1.47 bits per heavy atom. The molecule has 0 fully saturated rings. The summed E-state index contributed by atoms with van der Waals surface area (Å²) in [5.74, 6) is -0.0888. The summed E-state index contributed by atoms with van der Waals surface area (Å²) >= 11 is 0. The molecule has 11 heteroatoms. The summed E-state index contributed by atoms with van der Waals surface area (Å²) in [6, 6.07) is 28.4. The second-order valence-corrected chi connectivity index (χ2v) is 12.7. The third-order valence-corrected chi connectivity index (χ3v) is 8.04. The van der Waals surface area contributed by atoms with Crippen molar-refractivity contribution in [3.05, 3.63) is 120 Å². The quantitative estimate of drug-likeness (QED) is 0.123. The molecule has 0 saturated heterocycles. The molecule has 1 N–H and O–H groups in total. The summed E-state index contributed by atoms with van der Waals surface area (Å²) in [6.45, 7) is 5.10. The van der Waals surface area contributed by atoms with Gasteiger partial charge in [0.2, 0.25) is 0 Å². The van der Waals surface area contributed by atoms with Gasteiger partial charge in [-0.15, -0.1) is 0 Å². The van der Waals surface area contributed by atoms with Gasteiger partial charge in [0.05, 0.1) is 36.0 Å². The minimum atomic E-state index is -4.10. The van der Waals surface area contributed by atoms with E-state index in [1.165, 1.54) is 29.8 Å². The molecular formula is C34H35N3O7S. The largest absolute Gasteiger partial charge is 0.497 e. The van der Waals surface area contributed by atoms with Gasteiger partial charge in [0, 0.05) is 0 Å². The molecule has 4 rings (SSSR count). The molecule has 0 unspecified atom stereocenters. The molecule has 4 aromatic rings. The molecule has 0 bridgehead atoms. The second-order valence-electron chi connectivity index (χ2n) is 10.8. The van der Waals surface area contributed by atoms with Crippen molar-refractivity contribution in [2.45, 2.75) is 37.8 Å². The summed E-state index contributed by atoms with van der Waals surface area (Å²) in [5, 5.41) is 4.06. The molecule has 0 radical (unpaired) electrons. The summed E-state index contributed by atoms with van der Waals surface area (Å²) in [5.41, 5.74) is 3.59. The number of esters is 1. The number of ether oxygens (including phenoxy) is 3. The zero-order chi connectivity index (χ0) is 32.5. The number of benzene rings is 4. The number of para-hydroxylation sites is 1. The zero-order valence-electron chi connectivity index (χ0n) is 25.5. The van der Waals surface area contributed by atoms with Crippen LogP contribution in [-0.4, -0.2) is 45.8 Å². The molecule has 1 amide bonds. The van der Waals surface area contributed by atoms with Crippen LogP contribution in [0.2, 0.25) is 0 Å². The molecule has 0 aromatic heterocycles. The highest BCUT2D eigenvalue weighted by atomic mass is 32.2. The van der Waals surface area contributed by atoms with Gasteiger partial charge in [-0.05, 0) is 92.6 Å². The number of hydrazone groups is 1. The molecule has 10 nitrogen and oxygen atoms in total. The van der Waals surface area contributed by atoms with Gasteiger partial charge < -0.3 is 14.2 Å². The molecule has 0 atom stereocenters. The van der Waals surface area contributed by atoms with E-state index in [4.69, 9.17) is 14.2 Å². The average molecular weight is 630 g/mol. The van der Waals surface area contributed by atoms with Crippen LogP contribution in [-0.2, 0) is 26.1 Å². The molecule has 0 saturated carbocycles. The number of nitrogens with one attached hydrogen (secondary N) is 1. The Bertz CT molecular complexity index is 1730. The van der Waals surface area contributed by atoms with Gasteiger partial charge in [-0.3, -0.25) is 9.10 Å². The van der Waals surface area contributed by atoms with E-state index in [1.807, 2.05) is 30.3 Å². The fourth-order valence-electron chi connectivity index (χ4n) is 4.20. The molecule has 0 aliphatic heterocycles. The maximum atomic E-state index is 14.0. The van der Waals surface area contributed by atoms with E-state index in [1.54, 1.807) is 81.4 Å². The number of anilines is 1. The van der Waals surface area contributed by atoms with Crippen molar-refractivity contribution < 1.29 is 32.2 Å². The lowest BCUT2D eigenvalue weighted by atomic mass is 10.1. The number of hydrogen-bond donors (Lipinski definition) is 1. The van der Waals surface area contributed by atoms with E-state index in [9.17, 15) is 18.0 Å². The summed E-state index contributed by atoms with van der Waals surface area (Å²) in [4.78, 5) is 25.3. The van der Waals surface area contributed by atoms with Gasteiger partial charge >= 0.3 is 5.97 Å². The summed E-state index contributed by atoms with van der Waals surface area (Å²) in [7, 11) is -2.60. The van der Waals surface area contributed by atoms with Crippen molar-refractivity contribution in [3.8, 4) is 11.5 Å². The van der Waals surface area contributed by atoms with Crippen LogP contribution >= 0.6 is 0 Å². The van der Waals surface area contributed by atoms with Crippen LogP contribution in [0.25, 0.3) is 0 Å². The molecule has 0 heterocycles. The summed E-state index contributed by atoms with van der Waals surface area (Å²) in [6.07, 6.45) is 1.44. The van der Waals surface area contributed by atoms with Crippen LogP contribution in [0.1, 0.15) is 42.3 Å². The highest BCUT2D eigenvalue weighted by molar-refractivity contribution is 7.92. The van der Waals surface area contributed by atoms with E-state index in [0.717, 1.165) is 5.56 Å². The molecule has 0 spiro atoms. The molecule has 234 valence electrons. The van der Waals surface area contributed by atoms with E-state index in [2.05, 4.69) is 10.5 Å². The van der Waals surface area contributed by atoms with Crippen molar-refractivity contribution in [3.63, 3.8) is 0 Å². The Morgan fingerprint density at radius 3 is 2.11 bits per heavy atom. The molecule has 0 aliphatic rings. The first-order chi connectivity index (χ1) is 21.5. The van der Waals surface area contributed by atoms with Gasteiger partial charge in [0.25, 0.3) is 15.9 Å². The van der Waals surface area contributed by atoms with Crippen LogP contribution < -0.4 is 19.2 Å². The number of hydrogen-bond acceptors (Lipinski definition) is 8. The van der Waals surface area contributed by atoms with Crippen molar-refractivity contribution in [2.24, 2.45) is 5.10 Å². The number of rotatable bonds is 12. The fourth-order valence-corrected chi connectivity index (χ4v) is 5.67. The van der Waals surface area contributed by atoms with Crippen molar-refractivity contribution in [1.82, 2.24) is 5.43 Å². The number of methoxy groups -OCH3 is 1. The Kier molecular flexibility index (Phi) is 10.6. The van der Waals surface area contributed by atoms with E-state index >= 15 is 0 Å². The lowest BCUT2D eigenvalue weighted by Crippen LogP contribution is -2.33. The third kappa shape index (κ3) is 9.16. The number of amides is 1. The number of sulfonamides is 1. The SMILES string of the molecule is COc1ccc(S(=O)(=O)N(Cc2ccccc2)c2ccccc2C(=O)NN=Cc2ccc(OCC(=O)OC(C)(C)C)cc2)cc1. The fraction of sp³-hybridized carbons (Fsp3) is 0.206. The van der Waals surface area contributed by atoms with Crippen LogP contribution in [0.15, 0.2) is 113 Å². The van der Waals surface area contributed by atoms with Gasteiger partial charge in [0.15, 0.2) is 6.61 Å². The molecule has 0 aliphatic carbocycles. The maximum Gasteiger partial charge on any atom is 0.344 e. The highest BCUT2D eigenvalue weighted by Gasteiger charge is 2.28. The Balaban J connectivity index is 1.52. The van der Waals surface area contributed by atoms with E-state index in [-0.39, 0.29) is 29.3 Å². The Morgan fingerprint density at radius 1 is 0.844 bits per heavy atom. The predicted octanol–water partition coefficient (Wildman–Crippen LogP) is 5.58. The lowest BCUT2D eigenvalue weighted by Gasteiger charge is -2.26. The first-order valence-corrected chi connectivity index (χ1v) is 15.5. The highest BCUT2D eigenvalue weighted by Crippen LogP contribution is 2.30. The van der Waals surface area contributed by atoms with E-state index in [0.29, 0.717) is 17.1 Å². The number of carbonyl (C=O) groups excluding carboxylic acids is 2. The predicted molar refractivity (Wildman–Crippen MR) is 172 cm³/mol. The monoisotopic (exact) mass is 629 g/mol. The van der Waals surface area contributed by atoms with Crippen LogP contribution in [0.3, 0.4) is 0 Å². The maximum absolute atomic E-state index is 14.0. The third-order valence-electron chi connectivity index (χ3n) is 6.27. The second kappa shape index (κ2) is 14.5. The topological polar surface area (TPSA) is 124 Å². The lowest BCUT2D eigenvalue weighted by molar-refractivity contribution is -0.157. The Hall–Kier alpha value is -5.16. The Labute approximate surface area is 263 Å². The zero-order valence-corrected chi connectivity index (χ0v) is 26.3. The average Bonchev–Trinajstić information content (AvgIpc) is 3.03.